The SMILES string of the molecule is c1cc(CN2CCOCC2)cc(Nc2ncc3cccc(-c4ccc(NCCN5CCCC5)nc4)c3n2)c1. The van der Waals surface area contributed by atoms with E-state index >= 15 is 0 Å². The molecule has 196 valence electrons. The Hall–Kier alpha value is -3.59. The molecular formula is C30H35N7O. The van der Waals surface area contributed by atoms with Crippen LogP contribution in [0.3, 0.4) is 0 Å². The molecule has 6 rings (SSSR count). The van der Waals surface area contributed by atoms with Crippen LogP contribution in [-0.2, 0) is 11.3 Å². The molecule has 0 saturated carbocycles. The highest BCUT2D eigenvalue weighted by molar-refractivity contribution is 5.93. The second-order valence-corrected chi connectivity index (χ2v) is 10.1. The highest BCUT2D eigenvalue weighted by atomic mass is 16.5. The van der Waals surface area contributed by atoms with Crippen molar-refractivity contribution in [2.75, 3.05) is 63.1 Å². The van der Waals surface area contributed by atoms with Crippen molar-refractivity contribution >= 4 is 28.4 Å². The van der Waals surface area contributed by atoms with Gasteiger partial charge in [0.05, 0.1) is 18.7 Å². The third-order valence-electron chi connectivity index (χ3n) is 7.31. The van der Waals surface area contributed by atoms with E-state index in [9.17, 15) is 0 Å². The van der Waals surface area contributed by atoms with E-state index in [4.69, 9.17) is 9.72 Å². The average molecular weight is 510 g/mol. The summed E-state index contributed by atoms with van der Waals surface area (Å²) in [5.41, 5.74) is 5.24. The van der Waals surface area contributed by atoms with Gasteiger partial charge in [0.2, 0.25) is 5.95 Å². The summed E-state index contributed by atoms with van der Waals surface area (Å²) in [6.07, 6.45) is 6.45. The van der Waals surface area contributed by atoms with E-state index < -0.39 is 0 Å². The molecule has 2 N–H and O–H groups in total. The minimum absolute atomic E-state index is 0.585. The molecule has 0 amide bonds. The third kappa shape index (κ3) is 6.10. The van der Waals surface area contributed by atoms with Gasteiger partial charge < -0.3 is 20.3 Å². The quantitative estimate of drug-likeness (QED) is 0.334. The van der Waals surface area contributed by atoms with Crippen molar-refractivity contribution < 1.29 is 4.74 Å². The predicted octanol–water partition coefficient (Wildman–Crippen LogP) is 4.78. The minimum atomic E-state index is 0.585. The first-order valence-corrected chi connectivity index (χ1v) is 13.6. The lowest BCUT2D eigenvalue weighted by molar-refractivity contribution is 0.0342. The van der Waals surface area contributed by atoms with Crippen molar-refractivity contribution in [1.82, 2.24) is 24.8 Å². The van der Waals surface area contributed by atoms with Crippen LogP contribution in [0.5, 0.6) is 0 Å². The lowest BCUT2D eigenvalue weighted by atomic mass is 10.0. The third-order valence-corrected chi connectivity index (χ3v) is 7.31. The zero-order chi connectivity index (χ0) is 25.6. The molecule has 2 aliphatic heterocycles. The summed E-state index contributed by atoms with van der Waals surface area (Å²) in [7, 11) is 0. The van der Waals surface area contributed by atoms with Crippen LogP contribution in [-0.4, -0.2) is 77.2 Å². The fourth-order valence-corrected chi connectivity index (χ4v) is 5.25. The van der Waals surface area contributed by atoms with Crippen LogP contribution in [0.1, 0.15) is 18.4 Å². The maximum Gasteiger partial charge on any atom is 0.227 e. The molecule has 38 heavy (non-hydrogen) atoms. The van der Waals surface area contributed by atoms with E-state index in [2.05, 4.69) is 72.9 Å². The zero-order valence-electron chi connectivity index (χ0n) is 21.8. The molecule has 0 unspecified atom stereocenters. The van der Waals surface area contributed by atoms with Gasteiger partial charge in [0.25, 0.3) is 0 Å². The largest absolute Gasteiger partial charge is 0.379 e. The number of para-hydroxylation sites is 1. The highest BCUT2D eigenvalue weighted by Crippen LogP contribution is 2.28. The van der Waals surface area contributed by atoms with Gasteiger partial charge in [-0.1, -0.05) is 30.3 Å². The van der Waals surface area contributed by atoms with Crippen LogP contribution in [0.2, 0.25) is 0 Å². The molecule has 2 fully saturated rings. The van der Waals surface area contributed by atoms with Crippen molar-refractivity contribution in [3.63, 3.8) is 0 Å². The fraction of sp³-hybridized carbons (Fsp3) is 0.367. The molecule has 2 saturated heterocycles. The van der Waals surface area contributed by atoms with Gasteiger partial charge in [0, 0.05) is 67.3 Å². The van der Waals surface area contributed by atoms with E-state index in [-0.39, 0.29) is 0 Å². The van der Waals surface area contributed by atoms with E-state index in [0.29, 0.717) is 5.95 Å². The van der Waals surface area contributed by atoms with Gasteiger partial charge >= 0.3 is 0 Å². The molecule has 2 aromatic carbocycles. The van der Waals surface area contributed by atoms with Crippen molar-refractivity contribution in [3.8, 4) is 11.1 Å². The number of benzene rings is 2. The van der Waals surface area contributed by atoms with Gasteiger partial charge in [-0.3, -0.25) is 4.90 Å². The number of anilines is 3. The Morgan fingerprint density at radius 1 is 0.842 bits per heavy atom. The molecule has 8 nitrogen and oxygen atoms in total. The first-order valence-electron chi connectivity index (χ1n) is 13.6. The molecule has 4 heterocycles. The summed E-state index contributed by atoms with van der Waals surface area (Å²) in [5.74, 6) is 1.49. The summed E-state index contributed by atoms with van der Waals surface area (Å²) in [6, 6.07) is 18.8. The number of fused-ring (bicyclic) bond motifs is 1. The molecule has 0 spiro atoms. The van der Waals surface area contributed by atoms with Crippen LogP contribution in [0.25, 0.3) is 22.0 Å². The summed E-state index contributed by atoms with van der Waals surface area (Å²) < 4.78 is 5.48. The monoisotopic (exact) mass is 509 g/mol. The second kappa shape index (κ2) is 11.9. The van der Waals surface area contributed by atoms with Crippen LogP contribution in [0.15, 0.2) is 67.0 Å². The second-order valence-electron chi connectivity index (χ2n) is 10.1. The van der Waals surface area contributed by atoms with Crippen LogP contribution >= 0.6 is 0 Å². The summed E-state index contributed by atoms with van der Waals surface area (Å²) in [6.45, 7) is 8.88. The predicted molar refractivity (Wildman–Crippen MR) is 153 cm³/mol. The Balaban J connectivity index is 1.16. The number of ether oxygens (including phenoxy) is 1. The van der Waals surface area contributed by atoms with Gasteiger partial charge in [-0.15, -0.1) is 0 Å². The van der Waals surface area contributed by atoms with Crippen molar-refractivity contribution in [1.29, 1.82) is 0 Å². The van der Waals surface area contributed by atoms with Crippen LogP contribution in [0.4, 0.5) is 17.5 Å². The number of hydrogen-bond donors (Lipinski definition) is 2. The maximum atomic E-state index is 5.48. The zero-order valence-corrected chi connectivity index (χ0v) is 21.8. The molecule has 4 aromatic rings. The lowest BCUT2D eigenvalue weighted by Crippen LogP contribution is -2.35. The first-order chi connectivity index (χ1) is 18.8. The molecule has 0 bridgehead atoms. The smallest absolute Gasteiger partial charge is 0.227 e. The van der Waals surface area contributed by atoms with E-state index in [0.717, 1.165) is 79.5 Å². The Labute approximate surface area is 224 Å². The number of nitrogens with zero attached hydrogens (tertiary/aromatic N) is 5. The fourth-order valence-electron chi connectivity index (χ4n) is 5.25. The molecule has 8 heteroatoms. The van der Waals surface area contributed by atoms with Crippen molar-refractivity contribution in [2.24, 2.45) is 0 Å². The molecule has 2 aliphatic rings. The van der Waals surface area contributed by atoms with E-state index in [1.807, 2.05) is 24.5 Å². The van der Waals surface area contributed by atoms with Crippen molar-refractivity contribution in [2.45, 2.75) is 19.4 Å². The van der Waals surface area contributed by atoms with E-state index in [1.54, 1.807) is 0 Å². The van der Waals surface area contributed by atoms with Crippen molar-refractivity contribution in [3.05, 3.63) is 72.6 Å². The van der Waals surface area contributed by atoms with Gasteiger partial charge in [-0.2, -0.15) is 0 Å². The van der Waals surface area contributed by atoms with Crippen LogP contribution < -0.4 is 10.6 Å². The first kappa shape index (κ1) is 24.7. The number of nitrogens with one attached hydrogen (secondary N) is 2. The number of aromatic nitrogens is 3. The van der Waals surface area contributed by atoms with Gasteiger partial charge in [-0.05, 0) is 55.8 Å². The Bertz CT molecular complexity index is 1350. The molecule has 0 atom stereocenters. The highest BCUT2D eigenvalue weighted by Gasteiger charge is 2.13. The number of likely N-dealkylation sites (tertiary alicyclic amines) is 1. The van der Waals surface area contributed by atoms with E-state index in [1.165, 1.54) is 31.5 Å². The molecule has 0 radical (unpaired) electrons. The number of hydrogen-bond acceptors (Lipinski definition) is 8. The Morgan fingerprint density at radius 2 is 1.71 bits per heavy atom. The normalized spacial score (nSPS) is 16.6. The van der Waals surface area contributed by atoms with Gasteiger partial charge in [0.1, 0.15) is 5.82 Å². The Kier molecular flexibility index (Phi) is 7.71. The lowest BCUT2D eigenvalue weighted by Gasteiger charge is -2.26. The minimum Gasteiger partial charge on any atom is -0.379 e. The summed E-state index contributed by atoms with van der Waals surface area (Å²) in [5, 5.41) is 7.87. The summed E-state index contributed by atoms with van der Waals surface area (Å²) in [4.78, 5) is 19.1. The van der Waals surface area contributed by atoms with Crippen LogP contribution in [0, 0.1) is 0 Å². The number of rotatable bonds is 9. The molecule has 0 aliphatic carbocycles. The molecular weight excluding hydrogens is 474 g/mol. The maximum absolute atomic E-state index is 5.48. The standard InChI is InChI=1S/C30H35N7O/c1-2-13-36(12-1)14-11-31-28-10-9-24(20-32-28)27-8-4-6-25-21-33-30(35-29(25)27)34-26-7-3-5-23(19-26)22-37-15-17-38-18-16-37/h3-10,19-21H,1-2,11-18,22H2,(H,31,32)(H,33,34,35). The van der Waals surface area contributed by atoms with Gasteiger partial charge in [-0.25, -0.2) is 15.0 Å². The summed E-state index contributed by atoms with van der Waals surface area (Å²) >= 11 is 0. The Morgan fingerprint density at radius 3 is 2.55 bits per heavy atom. The average Bonchev–Trinajstić information content (AvgIpc) is 3.48. The topological polar surface area (TPSA) is 78.4 Å². The molecule has 2 aromatic heterocycles. The van der Waals surface area contributed by atoms with Gasteiger partial charge in [0.15, 0.2) is 0 Å². The number of pyridine rings is 1. The number of morpholine rings is 1.